The first-order valence-corrected chi connectivity index (χ1v) is 7.26. The van der Waals surface area contributed by atoms with E-state index in [-0.39, 0.29) is 0 Å². The summed E-state index contributed by atoms with van der Waals surface area (Å²) in [4.78, 5) is 12.0. The lowest BCUT2D eigenvalue weighted by Crippen LogP contribution is -2.33. The smallest absolute Gasteiger partial charge is 0.195 e. The van der Waals surface area contributed by atoms with E-state index in [0.29, 0.717) is 25.4 Å². The van der Waals surface area contributed by atoms with E-state index in [4.69, 9.17) is 9.47 Å². The lowest BCUT2D eigenvalue weighted by atomic mass is 9.78. The first kappa shape index (κ1) is 11.6. The van der Waals surface area contributed by atoms with Gasteiger partial charge in [0.1, 0.15) is 0 Å². The summed E-state index contributed by atoms with van der Waals surface area (Å²) >= 11 is 0. The summed E-state index contributed by atoms with van der Waals surface area (Å²) in [5.74, 6) is -0.208. The van der Waals surface area contributed by atoms with Gasteiger partial charge in [0, 0.05) is 24.0 Å². The Morgan fingerprint density at radius 3 is 2.58 bits per heavy atom. The van der Waals surface area contributed by atoms with Crippen LogP contribution >= 0.6 is 0 Å². The van der Waals surface area contributed by atoms with E-state index >= 15 is 0 Å². The number of carbonyl (C=O) groups excluding carboxylic acids is 1. The van der Waals surface area contributed by atoms with E-state index in [1.807, 2.05) is 6.07 Å². The van der Waals surface area contributed by atoms with Crippen molar-refractivity contribution < 1.29 is 14.3 Å². The van der Waals surface area contributed by atoms with Crippen molar-refractivity contribution in [3.63, 3.8) is 0 Å². The van der Waals surface area contributed by atoms with Crippen LogP contribution in [-0.2, 0) is 28.1 Å². The van der Waals surface area contributed by atoms with Crippen LogP contribution in [0.15, 0.2) is 12.1 Å². The van der Waals surface area contributed by atoms with Gasteiger partial charge in [-0.15, -0.1) is 0 Å². The second-order valence-electron chi connectivity index (χ2n) is 5.70. The quantitative estimate of drug-likeness (QED) is 0.717. The Hall–Kier alpha value is -1.19. The highest BCUT2D eigenvalue weighted by Gasteiger charge is 2.43. The molecule has 0 bridgehead atoms. The molecule has 1 fully saturated rings. The summed E-state index contributed by atoms with van der Waals surface area (Å²) in [5.41, 5.74) is 4.73. The molecule has 4 rings (SSSR count). The second kappa shape index (κ2) is 4.15. The molecule has 1 aliphatic heterocycles. The molecule has 1 aromatic carbocycles. The fourth-order valence-electron chi connectivity index (χ4n) is 3.83. The fourth-order valence-corrected chi connectivity index (χ4v) is 3.83. The molecule has 3 aliphatic rings. The number of rotatable bonds is 0. The van der Waals surface area contributed by atoms with Gasteiger partial charge in [0.2, 0.25) is 0 Å². The summed E-state index contributed by atoms with van der Waals surface area (Å²) in [6, 6.07) is 4.07. The Morgan fingerprint density at radius 1 is 0.947 bits per heavy atom. The number of hydrogen-bond donors (Lipinski definition) is 0. The van der Waals surface area contributed by atoms with Crippen LogP contribution in [0.2, 0.25) is 0 Å². The van der Waals surface area contributed by atoms with Gasteiger partial charge >= 0.3 is 0 Å². The monoisotopic (exact) mass is 258 g/mol. The molecule has 0 unspecified atom stereocenters. The van der Waals surface area contributed by atoms with E-state index in [1.54, 1.807) is 0 Å². The van der Waals surface area contributed by atoms with E-state index in [1.165, 1.54) is 16.7 Å². The van der Waals surface area contributed by atoms with Crippen LogP contribution in [-0.4, -0.2) is 19.0 Å². The molecule has 0 atom stereocenters. The number of ketones is 1. The van der Waals surface area contributed by atoms with Crippen LogP contribution in [0.1, 0.15) is 52.7 Å². The summed E-state index contributed by atoms with van der Waals surface area (Å²) in [6.45, 7) is 1.35. The average molecular weight is 258 g/mol. The Bertz CT molecular complexity index is 541. The van der Waals surface area contributed by atoms with Crippen molar-refractivity contribution in [1.29, 1.82) is 0 Å². The Morgan fingerprint density at radius 2 is 1.74 bits per heavy atom. The Balaban J connectivity index is 1.89. The van der Waals surface area contributed by atoms with Gasteiger partial charge in [0.15, 0.2) is 11.6 Å². The molecular formula is C16H18O3. The molecule has 0 radical (unpaired) electrons. The summed E-state index contributed by atoms with van der Waals surface area (Å²) in [7, 11) is 0. The maximum atomic E-state index is 12.0. The van der Waals surface area contributed by atoms with Crippen LogP contribution in [0.4, 0.5) is 0 Å². The normalized spacial score (nSPS) is 24.3. The van der Waals surface area contributed by atoms with Crippen molar-refractivity contribution in [2.24, 2.45) is 0 Å². The minimum atomic E-state index is -0.511. The number of hydrogen-bond acceptors (Lipinski definition) is 3. The molecule has 3 heteroatoms. The molecule has 100 valence electrons. The maximum absolute atomic E-state index is 12.0. The summed E-state index contributed by atoms with van der Waals surface area (Å²) in [5, 5.41) is 0. The predicted molar refractivity (Wildman–Crippen MR) is 70.2 cm³/mol. The Labute approximate surface area is 112 Å². The van der Waals surface area contributed by atoms with Crippen LogP contribution in [0.5, 0.6) is 0 Å². The molecule has 19 heavy (non-hydrogen) atoms. The standard InChI is InChI=1S/C16H18O3/c17-15-5-1-3-11-12-4-2-8-16(18-9-10-19-16)14(12)7-6-13(11)15/h6-7H,1-5,8-10H2. The summed E-state index contributed by atoms with van der Waals surface area (Å²) in [6.07, 6.45) is 5.78. The highest BCUT2D eigenvalue weighted by molar-refractivity contribution is 5.99. The zero-order valence-corrected chi connectivity index (χ0v) is 11.0. The van der Waals surface area contributed by atoms with E-state index in [2.05, 4.69) is 6.07 Å². The third-order valence-electron chi connectivity index (χ3n) is 4.66. The molecule has 1 aromatic rings. The third kappa shape index (κ3) is 1.61. The van der Waals surface area contributed by atoms with Gasteiger partial charge in [-0.3, -0.25) is 4.79 Å². The molecular weight excluding hydrogens is 240 g/mol. The lowest BCUT2D eigenvalue weighted by Gasteiger charge is -2.36. The van der Waals surface area contributed by atoms with Crippen molar-refractivity contribution in [3.05, 3.63) is 34.4 Å². The zero-order valence-electron chi connectivity index (χ0n) is 11.0. The van der Waals surface area contributed by atoms with E-state index in [9.17, 15) is 4.79 Å². The van der Waals surface area contributed by atoms with Gasteiger partial charge in [-0.2, -0.15) is 0 Å². The molecule has 3 nitrogen and oxygen atoms in total. The number of Topliss-reactive ketones (excluding diaryl/α,β-unsaturated/α-hetero) is 1. The number of fused-ring (bicyclic) bond motifs is 4. The average Bonchev–Trinajstić information content (AvgIpc) is 2.89. The fraction of sp³-hybridized carbons (Fsp3) is 0.562. The molecule has 1 heterocycles. The number of benzene rings is 1. The first-order valence-electron chi connectivity index (χ1n) is 7.26. The van der Waals surface area contributed by atoms with Gasteiger partial charge in [-0.25, -0.2) is 0 Å². The highest BCUT2D eigenvalue weighted by atomic mass is 16.7. The van der Waals surface area contributed by atoms with Crippen LogP contribution in [0.3, 0.4) is 0 Å². The lowest BCUT2D eigenvalue weighted by molar-refractivity contribution is -0.175. The van der Waals surface area contributed by atoms with Crippen molar-refractivity contribution >= 4 is 5.78 Å². The van der Waals surface area contributed by atoms with E-state index in [0.717, 1.165) is 37.7 Å². The van der Waals surface area contributed by atoms with Gasteiger partial charge in [0.25, 0.3) is 0 Å². The van der Waals surface area contributed by atoms with Crippen molar-refractivity contribution in [3.8, 4) is 0 Å². The third-order valence-corrected chi connectivity index (χ3v) is 4.66. The maximum Gasteiger partial charge on any atom is 0.195 e. The first-order chi connectivity index (χ1) is 9.30. The zero-order chi connectivity index (χ0) is 12.9. The van der Waals surface area contributed by atoms with Crippen LogP contribution < -0.4 is 0 Å². The van der Waals surface area contributed by atoms with Gasteiger partial charge in [-0.05, 0) is 36.8 Å². The molecule has 0 saturated carbocycles. The molecule has 1 spiro atoms. The highest BCUT2D eigenvalue weighted by Crippen LogP contribution is 2.44. The van der Waals surface area contributed by atoms with Crippen LogP contribution in [0, 0.1) is 0 Å². The molecule has 0 amide bonds. The molecule has 2 aliphatic carbocycles. The largest absolute Gasteiger partial charge is 0.343 e. The SMILES string of the molecule is O=C1CCCc2c1ccc1c2CCCC12OCCO2. The predicted octanol–water partition coefficient (Wildman–Crippen LogP) is 2.74. The van der Waals surface area contributed by atoms with E-state index < -0.39 is 5.79 Å². The number of carbonyl (C=O) groups is 1. The molecule has 0 N–H and O–H groups in total. The topological polar surface area (TPSA) is 35.5 Å². The minimum Gasteiger partial charge on any atom is -0.343 e. The van der Waals surface area contributed by atoms with Gasteiger partial charge in [-0.1, -0.05) is 12.1 Å². The molecule has 0 aromatic heterocycles. The van der Waals surface area contributed by atoms with Crippen LogP contribution in [0.25, 0.3) is 0 Å². The van der Waals surface area contributed by atoms with Gasteiger partial charge in [0.05, 0.1) is 13.2 Å². The van der Waals surface area contributed by atoms with Crippen molar-refractivity contribution in [2.45, 2.75) is 44.3 Å². The molecule has 1 saturated heterocycles. The van der Waals surface area contributed by atoms with Gasteiger partial charge < -0.3 is 9.47 Å². The summed E-state index contributed by atoms with van der Waals surface area (Å²) < 4.78 is 11.8. The second-order valence-corrected chi connectivity index (χ2v) is 5.70. The van der Waals surface area contributed by atoms with Crippen molar-refractivity contribution in [2.75, 3.05) is 13.2 Å². The Kier molecular flexibility index (Phi) is 2.54. The minimum absolute atomic E-state index is 0.303. The number of ether oxygens (including phenoxy) is 2. The van der Waals surface area contributed by atoms with Crippen molar-refractivity contribution in [1.82, 2.24) is 0 Å².